The summed E-state index contributed by atoms with van der Waals surface area (Å²) in [5, 5.41) is 3.49. The van der Waals surface area contributed by atoms with Gasteiger partial charge in [-0.15, -0.1) is 0 Å². The number of hydrogen-bond acceptors (Lipinski definition) is 3. The quantitative estimate of drug-likeness (QED) is 0.848. The molecule has 0 saturated carbocycles. The van der Waals surface area contributed by atoms with Crippen LogP contribution in [0.2, 0.25) is 0 Å². The van der Waals surface area contributed by atoms with Crippen LogP contribution in [0.25, 0.3) is 0 Å². The average Bonchev–Trinajstić information content (AvgIpc) is 2.25. The largest absolute Gasteiger partial charge is 0.314 e. The van der Waals surface area contributed by atoms with Crippen LogP contribution < -0.4 is 5.32 Å². The minimum atomic E-state index is 0.435. The predicted octanol–water partition coefficient (Wildman–Crippen LogP) is 2.57. The molecule has 1 N–H and O–H groups in total. The summed E-state index contributed by atoms with van der Waals surface area (Å²) in [5.41, 5.74) is 1.15. The molecule has 0 saturated heterocycles. The molecule has 0 amide bonds. The lowest BCUT2D eigenvalue weighted by Crippen LogP contribution is -2.33. The van der Waals surface area contributed by atoms with Crippen LogP contribution in [0.1, 0.15) is 38.8 Å². The summed E-state index contributed by atoms with van der Waals surface area (Å²) in [4.78, 5) is 8.39. The number of hydrogen-bond donors (Lipinski definition) is 1. The molecule has 1 aromatic rings. The Morgan fingerprint density at radius 2 is 2.20 bits per heavy atom. The molecule has 2 atom stereocenters. The summed E-state index contributed by atoms with van der Waals surface area (Å²) in [7, 11) is 0. The molecule has 15 heavy (non-hydrogen) atoms. The van der Waals surface area contributed by atoms with Crippen LogP contribution in [0.5, 0.6) is 0 Å². The van der Waals surface area contributed by atoms with E-state index in [2.05, 4.69) is 58.6 Å². The maximum Gasteiger partial charge on any atom is 0.115 e. The smallest absolute Gasteiger partial charge is 0.115 e. The first kappa shape index (κ1) is 12.8. The molecule has 2 unspecified atom stereocenters. The monoisotopic (exact) mass is 319 g/mol. The SMILES string of the molecule is CCNC(CC)C(C)c1ncncc1I. The molecule has 84 valence electrons. The summed E-state index contributed by atoms with van der Waals surface area (Å²) in [6, 6.07) is 0.499. The molecule has 0 aliphatic carbocycles. The third kappa shape index (κ3) is 3.38. The highest BCUT2D eigenvalue weighted by molar-refractivity contribution is 14.1. The summed E-state index contributed by atoms with van der Waals surface area (Å²) >= 11 is 2.30. The van der Waals surface area contributed by atoms with E-state index in [1.54, 1.807) is 6.33 Å². The number of nitrogens with zero attached hydrogens (tertiary/aromatic N) is 2. The Balaban J connectivity index is 2.82. The van der Waals surface area contributed by atoms with Gasteiger partial charge in [0.25, 0.3) is 0 Å². The van der Waals surface area contributed by atoms with Crippen LogP contribution in [-0.2, 0) is 0 Å². The van der Waals surface area contributed by atoms with Gasteiger partial charge in [-0.2, -0.15) is 0 Å². The van der Waals surface area contributed by atoms with Crippen LogP contribution in [-0.4, -0.2) is 22.6 Å². The van der Waals surface area contributed by atoms with E-state index in [0.29, 0.717) is 12.0 Å². The van der Waals surface area contributed by atoms with Gasteiger partial charge in [0.1, 0.15) is 6.33 Å². The minimum absolute atomic E-state index is 0.435. The fraction of sp³-hybridized carbons (Fsp3) is 0.636. The van der Waals surface area contributed by atoms with Gasteiger partial charge in [0.15, 0.2) is 0 Å². The van der Waals surface area contributed by atoms with E-state index in [4.69, 9.17) is 0 Å². The van der Waals surface area contributed by atoms with Crippen molar-refractivity contribution >= 4 is 22.6 Å². The lowest BCUT2D eigenvalue weighted by Gasteiger charge is -2.23. The highest BCUT2D eigenvalue weighted by atomic mass is 127. The highest BCUT2D eigenvalue weighted by Crippen LogP contribution is 2.22. The summed E-state index contributed by atoms with van der Waals surface area (Å²) in [5.74, 6) is 0.435. The van der Waals surface area contributed by atoms with Crippen molar-refractivity contribution in [2.24, 2.45) is 0 Å². The fourth-order valence-corrected chi connectivity index (χ4v) is 2.58. The van der Waals surface area contributed by atoms with Gasteiger partial charge in [0.2, 0.25) is 0 Å². The van der Waals surface area contributed by atoms with Gasteiger partial charge >= 0.3 is 0 Å². The van der Waals surface area contributed by atoms with Crippen LogP contribution in [0.3, 0.4) is 0 Å². The highest BCUT2D eigenvalue weighted by Gasteiger charge is 2.19. The first-order chi connectivity index (χ1) is 7.20. The molecule has 0 bridgehead atoms. The molecule has 1 aromatic heterocycles. The summed E-state index contributed by atoms with van der Waals surface area (Å²) in [6.45, 7) is 7.57. The van der Waals surface area contributed by atoms with Crippen molar-refractivity contribution in [3.8, 4) is 0 Å². The second-order valence-electron chi connectivity index (χ2n) is 3.62. The zero-order chi connectivity index (χ0) is 11.3. The Morgan fingerprint density at radius 3 is 2.73 bits per heavy atom. The molecule has 0 radical (unpaired) electrons. The maximum atomic E-state index is 4.37. The van der Waals surface area contributed by atoms with E-state index in [1.165, 1.54) is 0 Å². The van der Waals surface area contributed by atoms with E-state index >= 15 is 0 Å². The van der Waals surface area contributed by atoms with Gasteiger partial charge in [-0.3, -0.25) is 0 Å². The minimum Gasteiger partial charge on any atom is -0.314 e. The van der Waals surface area contributed by atoms with Gasteiger partial charge in [-0.05, 0) is 35.6 Å². The second-order valence-corrected chi connectivity index (χ2v) is 4.78. The van der Waals surface area contributed by atoms with Crippen molar-refractivity contribution in [1.82, 2.24) is 15.3 Å². The maximum absolute atomic E-state index is 4.37. The summed E-state index contributed by atoms with van der Waals surface area (Å²) in [6.07, 6.45) is 4.62. The Bertz CT molecular complexity index is 304. The zero-order valence-electron chi connectivity index (χ0n) is 9.50. The van der Waals surface area contributed by atoms with Crippen molar-refractivity contribution < 1.29 is 0 Å². The van der Waals surface area contributed by atoms with Crippen molar-refractivity contribution in [3.05, 3.63) is 21.8 Å². The standard InChI is InChI=1S/C11H18IN3/c1-4-10(14-5-2)8(3)11-9(12)6-13-7-15-11/h6-8,10,14H,4-5H2,1-3H3. The average molecular weight is 319 g/mol. The number of rotatable bonds is 5. The second kappa shape index (κ2) is 6.37. The third-order valence-electron chi connectivity index (χ3n) is 2.64. The molecule has 0 fully saturated rings. The van der Waals surface area contributed by atoms with E-state index in [0.717, 1.165) is 22.2 Å². The number of halogens is 1. The molecule has 1 rings (SSSR count). The van der Waals surface area contributed by atoms with Crippen LogP contribution in [0, 0.1) is 3.57 Å². The zero-order valence-corrected chi connectivity index (χ0v) is 11.7. The lowest BCUT2D eigenvalue weighted by molar-refractivity contribution is 0.441. The molecular formula is C11H18IN3. The molecule has 0 spiro atoms. The molecular weight excluding hydrogens is 301 g/mol. The first-order valence-electron chi connectivity index (χ1n) is 5.39. The predicted molar refractivity (Wildman–Crippen MR) is 70.9 cm³/mol. The molecule has 0 aliphatic rings. The van der Waals surface area contributed by atoms with Gasteiger partial charge < -0.3 is 5.32 Å². The lowest BCUT2D eigenvalue weighted by atomic mass is 9.96. The molecule has 1 heterocycles. The number of aromatic nitrogens is 2. The Morgan fingerprint density at radius 1 is 1.47 bits per heavy atom. The van der Waals surface area contributed by atoms with Gasteiger partial charge in [0, 0.05) is 18.2 Å². The molecule has 0 aromatic carbocycles. The van der Waals surface area contributed by atoms with Gasteiger partial charge in [0.05, 0.1) is 9.26 Å². The fourth-order valence-electron chi connectivity index (χ4n) is 1.78. The van der Waals surface area contributed by atoms with E-state index in [9.17, 15) is 0 Å². The van der Waals surface area contributed by atoms with Crippen molar-refractivity contribution in [1.29, 1.82) is 0 Å². The van der Waals surface area contributed by atoms with Gasteiger partial charge in [-0.1, -0.05) is 20.8 Å². The topological polar surface area (TPSA) is 37.8 Å². The summed E-state index contributed by atoms with van der Waals surface area (Å²) < 4.78 is 1.15. The van der Waals surface area contributed by atoms with Crippen LogP contribution in [0.4, 0.5) is 0 Å². The van der Waals surface area contributed by atoms with E-state index < -0.39 is 0 Å². The first-order valence-corrected chi connectivity index (χ1v) is 6.47. The van der Waals surface area contributed by atoms with Crippen molar-refractivity contribution in [3.63, 3.8) is 0 Å². The molecule has 0 aliphatic heterocycles. The normalized spacial score (nSPS) is 14.9. The number of nitrogens with one attached hydrogen (secondary N) is 1. The Labute approximate surface area is 105 Å². The van der Waals surface area contributed by atoms with Crippen molar-refractivity contribution in [2.75, 3.05) is 6.54 Å². The van der Waals surface area contributed by atoms with Crippen LogP contribution >= 0.6 is 22.6 Å². The van der Waals surface area contributed by atoms with E-state index in [-0.39, 0.29) is 0 Å². The molecule has 4 heteroatoms. The Hall–Kier alpha value is -0.230. The van der Waals surface area contributed by atoms with Crippen molar-refractivity contribution in [2.45, 2.75) is 39.2 Å². The third-order valence-corrected chi connectivity index (χ3v) is 3.47. The van der Waals surface area contributed by atoms with E-state index in [1.807, 2.05) is 6.20 Å². The Kier molecular flexibility index (Phi) is 5.45. The molecule has 3 nitrogen and oxygen atoms in total. The van der Waals surface area contributed by atoms with Gasteiger partial charge in [-0.25, -0.2) is 9.97 Å². The van der Waals surface area contributed by atoms with Crippen LogP contribution in [0.15, 0.2) is 12.5 Å². The number of likely N-dealkylation sites (N-methyl/N-ethyl adjacent to an activating group) is 1.